The third kappa shape index (κ3) is 1.93. The molecule has 2 aromatic heterocycles. The molecule has 0 radical (unpaired) electrons. The van der Waals surface area contributed by atoms with Gasteiger partial charge in [0.1, 0.15) is 12.0 Å². The average Bonchev–Trinajstić information content (AvgIpc) is 2.76. The average molecular weight is 308 g/mol. The van der Waals surface area contributed by atoms with Gasteiger partial charge in [-0.1, -0.05) is 10.4 Å². The van der Waals surface area contributed by atoms with E-state index in [0.717, 1.165) is 4.68 Å². The van der Waals surface area contributed by atoms with Crippen LogP contribution in [0.1, 0.15) is 0 Å². The number of nitrogens with zero attached hydrogens (tertiary/aromatic N) is 4. The highest BCUT2D eigenvalue weighted by atomic mass is 79.9. The first-order chi connectivity index (χ1) is 7.50. The van der Waals surface area contributed by atoms with Crippen molar-refractivity contribution in [1.82, 2.24) is 20.2 Å². The fraction of sp³-hybridized carbons (Fsp3) is 0.167. The molecule has 0 spiro atoms. The topological polar surface area (TPSA) is 103 Å². The summed E-state index contributed by atoms with van der Waals surface area (Å²) >= 11 is 3.00. The van der Waals surface area contributed by atoms with Gasteiger partial charge in [-0.25, -0.2) is 4.68 Å². The van der Waals surface area contributed by atoms with Crippen LogP contribution in [0.25, 0.3) is 0 Å². The molecule has 0 aliphatic rings. The van der Waals surface area contributed by atoms with E-state index in [9.17, 15) is 8.42 Å². The van der Waals surface area contributed by atoms with Crippen LogP contribution in [0.2, 0.25) is 0 Å². The molecule has 0 fully saturated rings. The van der Waals surface area contributed by atoms with Crippen molar-refractivity contribution in [3.63, 3.8) is 0 Å². The Hall–Kier alpha value is -1.42. The molecule has 86 valence electrons. The molecule has 0 saturated carbocycles. The second kappa shape index (κ2) is 3.87. The number of hydrogen-bond acceptors (Lipinski definition) is 6. The van der Waals surface area contributed by atoms with Crippen LogP contribution in [-0.4, -0.2) is 28.6 Å². The lowest BCUT2D eigenvalue weighted by Gasteiger charge is -2.04. The molecule has 2 rings (SSSR count). The number of sulfonamides is 1. The van der Waals surface area contributed by atoms with E-state index in [1.54, 1.807) is 0 Å². The lowest BCUT2D eigenvalue weighted by molar-refractivity contribution is 0.420. The van der Waals surface area contributed by atoms with Gasteiger partial charge in [0.05, 0.1) is 6.20 Å². The van der Waals surface area contributed by atoms with E-state index in [1.807, 2.05) is 0 Å². The maximum absolute atomic E-state index is 11.9. The van der Waals surface area contributed by atoms with Crippen LogP contribution in [0.4, 0.5) is 5.69 Å². The van der Waals surface area contributed by atoms with Crippen molar-refractivity contribution in [1.29, 1.82) is 0 Å². The molecule has 10 heteroatoms. The van der Waals surface area contributed by atoms with E-state index in [4.69, 9.17) is 0 Å². The Bertz CT molecular complexity index is 570. The van der Waals surface area contributed by atoms with Gasteiger partial charge in [0, 0.05) is 7.05 Å². The van der Waals surface area contributed by atoms with E-state index < -0.39 is 10.0 Å². The summed E-state index contributed by atoms with van der Waals surface area (Å²) in [6.07, 6.45) is 2.42. The van der Waals surface area contributed by atoms with Crippen molar-refractivity contribution in [3.8, 4) is 0 Å². The third-order valence-corrected chi connectivity index (χ3v) is 3.94. The van der Waals surface area contributed by atoms with Crippen molar-refractivity contribution < 1.29 is 12.9 Å². The molecule has 0 saturated heterocycles. The van der Waals surface area contributed by atoms with Crippen molar-refractivity contribution in [2.75, 3.05) is 4.72 Å². The summed E-state index contributed by atoms with van der Waals surface area (Å²) in [4.78, 5) is 0. The van der Waals surface area contributed by atoms with Gasteiger partial charge < -0.3 is 4.52 Å². The third-order valence-electron chi connectivity index (χ3n) is 1.68. The summed E-state index contributed by atoms with van der Waals surface area (Å²) in [5.41, 5.74) is 0.230. The molecule has 0 aliphatic carbocycles. The van der Waals surface area contributed by atoms with Crippen LogP contribution < -0.4 is 4.72 Å². The second-order valence-corrected chi connectivity index (χ2v) is 5.18. The number of anilines is 1. The molecule has 0 atom stereocenters. The Morgan fingerprint density at radius 3 is 2.81 bits per heavy atom. The molecule has 2 aromatic rings. The fourth-order valence-corrected chi connectivity index (χ4v) is 3.19. The quantitative estimate of drug-likeness (QED) is 0.878. The minimum absolute atomic E-state index is 0.0753. The standard InChI is InChI=1S/C6H6BrN5O3S/c1-12-6(5(7)9-11-12)16(13,14)10-4-2-8-15-3-4/h2-3,10H,1H3. The largest absolute Gasteiger partial charge is 0.362 e. The first kappa shape index (κ1) is 11.1. The first-order valence-electron chi connectivity index (χ1n) is 3.98. The van der Waals surface area contributed by atoms with Crippen LogP contribution >= 0.6 is 15.9 Å². The smallest absolute Gasteiger partial charge is 0.282 e. The number of nitrogens with one attached hydrogen (secondary N) is 1. The Morgan fingerprint density at radius 2 is 2.31 bits per heavy atom. The number of aryl methyl sites for hydroxylation is 1. The molecule has 0 aliphatic heterocycles. The predicted octanol–water partition coefficient (Wildman–Crippen LogP) is 0.366. The van der Waals surface area contributed by atoms with E-state index in [0.29, 0.717) is 0 Å². The molecule has 0 unspecified atom stereocenters. The molecule has 2 heterocycles. The molecule has 0 aromatic carbocycles. The summed E-state index contributed by atoms with van der Waals surface area (Å²) in [5.74, 6) is 0. The van der Waals surface area contributed by atoms with Gasteiger partial charge in [-0.15, -0.1) is 5.10 Å². The van der Waals surface area contributed by atoms with Crippen molar-refractivity contribution in [2.24, 2.45) is 7.05 Å². The van der Waals surface area contributed by atoms with Crippen LogP contribution in [0, 0.1) is 0 Å². The Morgan fingerprint density at radius 1 is 1.56 bits per heavy atom. The van der Waals surface area contributed by atoms with Crippen LogP contribution in [0.15, 0.2) is 26.6 Å². The summed E-state index contributed by atoms with van der Waals surface area (Å²) in [7, 11) is -2.29. The zero-order chi connectivity index (χ0) is 11.8. The SMILES string of the molecule is Cn1nnc(Br)c1S(=O)(=O)Nc1cnoc1. The maximum Gasteiger partial charge on any atom is 0.282 e. The summed E-state index contributed by atoms with van der Waals surface area (Å²) in [6, 6.07) is 0. The van der Waals surface area contributed by atoms with Gasteiger partial charge in [-0.05, 0) is 15.9 Å². The van der Waals surface area contributed by atoms with Gasteiger partial charge >= 0.3 is 0 Å². The van der Waals surface area contributed by atoms with E-state index >= 15 is 0 Å². The van der Waals surface area contributed by atoms with Gasteiger partial charge in [-0.2, -0.15) is 8.42 Å². The normalized spacial score (nSPS) is 11.6. The van der Waals surface area contributed by atoms with Crippen LogP contribution in [-0.2, 0) is 17.1 Å². The van der Waals surface area contributed by atoms with Crippen LogP contribution in [0.5, 0.6) is 0 Å². The number of aromatic nitrogens is 4. The minimum atomic E-state index is -3.76. The lowest BCUT2D eigenvalue weighted by Crippen LogP contribution is -2.16. The van der Waals surface area contributed by atoms with Gasteiger partial charge in [0.2, 0.25) is 5.03 Å². The van der Waals surface area contributed by atoms with Crippen LogP contribution in [0.3, 0.4) is 0 Å². The number of rotatable bonds is 3. The molecular weight excluding hydrogens is 302 g/mol. The first-order valence-corrected chi connectivity index (χ1v) is 6.25. The molecule has 0 bridgehead atoms. The molecular formula is C6H6BrN5O3S. The maximum atomic E-state index is 11.9. The molecule has 0 amide bonds. The Balaban J connectivity index is 2.40. The Labute approximate surface area is 98.8 Å². The number of halogens is 1. The molecule has 16 heavy (non-hydrogen) atoms. The second-order valence-electron chi connectivity index (χ2n) is 2.83. The minimum Gasteiger partial charge on any atom is -0.362 e. The van der Waals surface area contributed by atoms with Gasteiger partial charge in [0.15, 0.2) is 4.60 Å². The van der Waals surface area contributed by atoms with E-state index in [1.165, 1.54) is 19.5 Å². The molecule has 8 nitrogen and oxygen atoms in total. The zero-order valence-corrected chi connectivity index (χ0v) is 10.4. The Kier molecular flexibility index (Phi) is 2.68. The number of hydrogen-bond donors (Lipinski definition) is 1. The summed E-state index contributed by atoms with van der Waals surface area (Å²) in [6.45, 7) is 0. The monoisotopic (exact) mass is 307 g/mol. The van der Waals surface area contributed by atoms with Gasteiger partial charge in [0.25, 0.3) is 10.0 Å². The fourth-order valence-electron chi connectivity index (χ4n) is 1.07. The van der Waals surface area contributed by atoms with Crippen molar-refractivity contribution >= 4 is 31.6 Å². The van der Waals surface area contributed by atoms with Crippen molar-refractivity contribution in [3.05, 3.63) is 17.1 Å². The van der Waals surface area contributed by atoms with E-state index in [2.05, 4.69) is 40.6 Å². The summed E-state index contributed by atoms with van der Waals surface area (Å²) in [5, 5.41) is 10.5. The van der Waals surface area contributed by atoms with Gasteiger partial charge in [-0.3, -0.25) is 4.72 Å². The van der Waals surface area contributed by atoms with E-state index in [-0.39, 0.29) is 15.3 Å². The lowest BCUT2D eigenvalue weighted by atomic mass is 10.6. The summed E-state index contributed by atoms with van der Waals surface area (Å²) < 4.78 is 31.8. The predicted molar refractivity (Wildman–Crippen MR) is 56.0 cm³/mol. The van der Waals surface area contributed by atoms with Crippen molar-refractivity contribution in [2.45, 2.75) is 5.03 Å². The highest BCUT2D eigenvalue weighted by Crippen LogP contribution is 2.20. The highest BCUT2D eigenvalue weighted by molar-refractivity contribution is 9.10. The zero-order valence-electron chi connectivity index (χ0n) is 7.95. The highest BCUT2D eigenvalue weighted by Gasteiger charge is 2.24. The molecule has 1 N–H and O–H groups in total.